The summed E-state index contributed by atoms with van der Waals surface area (Å²) in [6.45, 7) is 4.43. The minimum atomic E-state index is -0.566. The molecule has 116 valence electrons. The van der Waals surface area contributed by atoms with Crippen molar-refractivity contribution in [3.63, 3.8) is 0 Å². The van der Waals surface area contributed by atoms with Gasteiger partial charge < -0.3 is 5.32 Å². The Morgan fingerprint density at radius 1 is 1.24 bits per heavy atom. The first-order valence-corrected chi connectivity index (χ1v) is 9.65. The minimum Gasteiger partial charge on any atom is -0.307 e. The predicted octanol–water partition coefficient (Wildman–Crippen LogP) is 2.32. The molecule has 1 aromatic rings. The van der Waals surface area contributed by atoms with Crippen LogP contribution in [0.4, 0.5) is 0 Å². The number of hydrogen-bond donors (Lipinski definition) is 1. The molecule has 1 N–H and O–H groups in total. The Bertz CT molecular complexity index is 469. The SMILES string of the molecule is CCC1CNC(c2ccccc2)CN1C1CCS(=O)CC1. The van der Waals surface area contributed by atoms with Crippen molar-refractivity contribution >= 4 is 10.8 Å². The van der Waals surface area contributed by atoms with Crippen molar-refractivity contribution in [2.45, 2.75) is 44.3 Å². The van der Waals surface area contributed by atoms with Crippen molar-refractivity contribution < 1.29 is 4.21 Å². The van der Waals surface area contributed by atoms with Crippen molar-refractivity contribution in [3.8, 4) is 0 Å². The molecule has 1 aromatic carbocycles. The maximum atomic E-state index is 11.6. The van der Waals surface area contributed by atoms with E-state index in [9.17, 15) is 4.21 Å². The number of nitrogens with one attached hydrogen (secondary N) is 1. The first-order valence-electron chi connectivity index (χ1n) is 8.17. The van der Waals surface area contributed by atoms with Crippen molar-refractivity contribution in [3.05, 3.63) is 35.9 Å². The third-order valence-electron chi connectivity index (χ3n) is 4.96. The van der Waals surface area contributed by atoms with Crippen LogP contribution in [0.1, 0.15) is 37.8 Å². The zero-order valence-corrected chi connectivity index (χ0v) is 13.6. The molecule has 0 spiro atoms. The molecule has 3 rings (SSSR count). The molecule has 2 aliphatic rings. The zero-order chi connectivity index (χ0) is 14.7. The highest BCUT2D eigenvalue weighted by Gasteiger charge is 2.33. The smallest absolute Gasteiger partial charge is 0.0450 e. The number of rotatable bonds is 3. The Kier molecular flexibility index (Phi) is 5.09. The van der Waals surface area contributed by atoms with E-state index in [1.54, 1.807) is 0 Å². The average Bonchev–Trinajstić information content (AvgIpc) is 2.56. The Hall–Kier alpha value is -0.710. The lowest BCUT2D eigenvalue weighted by Gasteiger charge is -2.45. The van der Waals surface area contributed by atoms with Crippen LogP contribution in [-0.4, -0.2) is 45.8 Å². The Morgan fingerprint density at radius 3 is 2.62 bits per heavy atom. The monoisotopic (exact) mass is 306 g/mol. The second-order valence-electron chi connectivity index (χ2n) is 6.21. The Labute approximate surface area is 130 Å². The fraction of sp³-hybridized carbons (Fsp3) is 0.647. The third kappa shape index (κ3) is 3.55. The molecule has 0 saturated carbocycles. The van der Waals surface area contributed by atoms with Gasteiger partial charge in [0.15, 0.2) is 0 Å². The molecule has 4 heteroatoms. The van der Waals surface area contributed by atoms with Crippen molar-refractivity contribution in [2.75, 3.05) is 24.6 Å². The van der Waals surface area contributed by atoms with Gasteiger partial charge in [-0.1, -0.05) is 37.3 Å². The van der Waals surface area contributed by atoms with Crippen LogP contribution in [0.3, 0.4) is 0 Å². The molecular formula is C17H26N2OS. The summed E-state index contributed by atoms with van der Waals surface area (Å²) < 4.78 is 11.6. The maximum Gasteiger partial charge on any atom is 0.0450 e. The molecule has 2 unspecified atom stereocenters. The Balaban J connectivity index is 1.71. The normalized spacial score (nSPS) is 34.7. The van der Waals surface area contributed by atoms with Gasteiger partial charge in [-0.3, -0.25) is 9.11 Å². The summed E-state index contributed by atoms with van der Waals surface area (Å²) in [5.74, 6) is 1.78. The van der Waals surface area contributed by atoms with E-state index in [0.717, 1.165) is 37.4 Å². The number of nitrogens with zero attached hydrogens (tertiary/aromatic N) is 1. The van der Waals surface area contributed by atoms with Crippen LogP contribution < -0.4 is 5.32 Å². The zero-order valence-electron chi connectivity index (χ0n) is 12.8. The van der Waals surface area contributed by atoms with Crippen LogP contribution in [-0.2, 0) is 10.8 Å². The van der Waals surface area contributed by atoms with Crippen LogP contribution in [0.2, 0.25) is 0 Å². The van der Waals surface area contributed by atoms with Gasteiger partial charge in [0.1, 0.15) is 0 Å². The van der Waals surface area contributed by atoms with E-state index in [2.05, 4.69) is 47.5 Å². The van der Waals surface area contributed by atoms with E-state index in [-0.39, 0.29) is 0 Å². The van der Waals surface area contributed by atoms with Gasteiger partial charge in [0.2, 0.25) is 0 Å². The third-order valence-corrected chi connectivity index (χ3v) is 6.34. The lowest BCUT2D eigenvalue weighted by molar-refractivity contribution is 0.0734. The van der Waals surface area contributed by atoms with E-state index < -0.39 is 10.8 Å². The summed E-state index contributed by atoms with van der Waals surface area (Å²) in [5.41, 5.74) is 1.39. The molecule has 0 bridgehead atoms. The van der Waals surface area contributed by atoms with Crippen LogP contribution in [0.15, 0.2) is 30.3 Å². The second kappa shape index (κ2) is 7.03. The summed E-state index contributed by atoms with van der Waals surface area (Å²) in [5, 5.41) is 3.71. The lowest BCUT2D eigenvalue weighted by Crippen LogP contribution is -2.57. The fourth-order valence-corrected chi connectivity index (χ4v) is 4.94. The highest BCUT2D eigenvalue weighted by Crippen LogP contribution is 2.27. The van der Waals surface area contributed by atoms with E-state index >= 15 is 0 Å². The van der Waals surface area contributed by atoms with Gasteiger partial charge in [0.25, 0.3) is 0 Å². The summed E-state index contributed by atoms with van der Waals surface area (Å²) in [6, 6.07) is 12.4. The second-order valence-corrected chi connectivity index (χ2v) is 7.91. The molecule has 0 aliphatic carbocycles. The van der Waals surface area contributed by atoms with E-state index in [0.29, 0.717) is 18.1 Å². The molecule has 2 aliphatic heterocycles. The predicted molar refractivity (Wildman–Crippen MR) is 88.9 cm³/mol. The summed E-state index contributed by atoms with van der Waals surface area (Å²) in [4.78, 5) is 2.70. The number of piperazine rings is 1. The van der Waals surface area contributed by atoms with Gasteiger partial charge >= 0.3 is 0 Å². The maximum absolute atomic E-state index is 11.6. The molecular weight excluding hydrogens is 280 g/mol. The molecule has 2 heterocycles. The van der Waals surface area contributed by atoms with Gasteiger partial charge in [-0.2, -0.15) is 0 Å². The largest absolute Gasteiger partial charge is 0.307 e. The van der Waals surface area contributed by atoms with Gasteiger partial charge in [0.05, 0.1) is 0 Å². The van der Waals surface area contributed by atoms with Crippen LogP contribution in [0.5, 0.6) is 0 Å². The van der Waals surface area contributed by atoms with Crippen molar-refractivity contribution in [2.24, 2.45) is 0 Å². The quantitative estimate of drug-likeness (QED) is 0.930. The van der Waals surface area contributed by atoms with Crippen molar-refractivity contribution in [1.82, 2.24) is 10.2 Å². The topological polar surface area (TPSA) is 32.3 Å². The van der Waals surface area contributed by atoms with Gasteiger partial charge in [-0.05, 0) is 24.8 Å². The molecule has 0 aromatic heterocycles. The summed E-state index contributed by atoms with van der Waals surface area (Å²) in [7, 11) is -0.566. The molecule has 2 atom stereocenters. The molecule has 21 heavy (non-hydrogen) atoms. The first kappa shape index (κ1) is 15.2. The Morgan fingerprint density at radius 2 is 1.95 bits per heavy atom. The average molecular weight is 306 g/mol. The lowest BCUT2D eigenvalue weighted by atomic mass is 9.97. The van der Waals surface area contributed by atoms with Crippen molar-refractivity contribution in [1.29, 1.82) is 0 Å². The summed E-state index contributed by atoms with van der Waals surface area (Å²) in [6.07, 6.45) is 3.39. The first-order chi connectivity index (χ1) is 10.3. The van der Waals surface area contributed by atoms with Gasteiger partial charge in [0, 0.05) is 53.5 Å². The summed E-state index contributed by atoms with van der Waals surface area (Å²) >= 11 is 0. The van der Waals surface area contributed by atoms with E-state index in [4.69, 9.17) is 0 Å². The van der Waals surface area contributed by atoms with Crippen LogP contribution in [0, 0.1) is 0 Å². The molecule has 0 amide bonds. The van der Waals surface area contributed by atoms with Gasteiger partial charge in [-0.15, -0.1) is 0 Å². The minimum absolute atomic E-state index is 0.432. The number of hydrogen-bond acceptors (Lipinski definition) is 3. The molecule has 2 saturated heterocycles. The van der Waals surface area contributed by atoms with E-state index in [1.165, 1.54) is 12.0 Å². The molecule has 0 radical (unpaired) electrons. The van der Waals surface area contributed by atoms with E-state index in [1.807, 2.05) is 0 Å². The highest BCUT2D eigenvalue weighted by molar-refractivity contribution is 7.85. The highest BCUT2D eigenvalue weighted by atomic mass is 32.2. The molecule has 2 fully saturated rings. The number of benzene rings is 1. The van der Waals surface area contributed by atoms with Crippen LogP contribution in [0.25, 0.3) is 0 Å². The standard InChI is InChI=1S/C17H26N2OS/c1-2-15-12-18-17(14-6-4-3-5-7-14)13-19(15)16-8-10-21(20)11-9-16/h3-7,15-18H,2,8-13H2,1H3. The fourth-order valence-electron chi connectivity index (χ4n) is 3.67. The van der Waals surface area contributed by atoms with Crippen LogP contribution >= 0.6 is 0 Å². The van der Waals surface area contributed by atoms with Gasteiger partial charge in [-0.25, -0.2) is 0 Å². The molecule has 3 nitrogen and oxygen atoms in total.